The molecular formula is C27H27NO2S. The molecule has 1 fully saturated rings. The molecule has 0 saturated heterocycles. The van der Waals surface area contributed by atoms with E-state index in [4.69, 9.17) is 4.74 Å². The van der Waals surface area contributed by atoms with Crippen molar-refractivity contribution in [1.82, 2.24) is 4.72 Å². The number of carbonyl (C=O) groups is 1. The van der Waals surface area contributed by atoms with E-state index in [2.05, 4.69) is 60.2 Å². The molecule has 0 bridgehead atoms. The summed E-state index contributed by atoms with van der Waals surface area (Å²) >= 11 is 1.55. The first-order valence-electron chi connectivity index (χ1n) is 11.0. The van der Waals surface area contributed by atoms with Crippen molar-refractivity contribution in [1.29, 1.82) is 0 Å². The lowest BCUT2D eigenvalue weighted by Crippen LogP contribution is -2.23. The fourth-order valence-corrected chi connectivity index (χ4v) is 4.87. The molecule has 1 saturated carbocycles. The van der Waals surface area contributed by atoms with Gasteiger partial charge in [-0.15, -0.1) is 0 Å². The third kappa shape index (κ3) is 4.64. The number of carbonyl (C=O) groups excluding carboxylic acids is 1. The fourth-order valence-electron chi connectivity index (χ4n) is 4.12. The average Bonchev–Trinajstić information content (AvgIpc) is 3.55. The maximum atomic E-state index is 12.9. The average molecular weight is 430 g/mol. The summed E-state index contributed by atoms with van der Waals surface area (Å²) in [5.74, 6) is 1.40. The zero-order valence-electron chi connectivity index (χ0n) is 17.8. The second kappa shape index (κ2) is 8.43. The topological polar surface area (TPSA) is 38.3 Å². The number of hydrogen-bond donors (Lipinski definition) is 1. The smallest absolute Gasteiger partial charge is 0.261 e. The molecule has 1 atom stereocenters. The molecule has 0 radical (unpaired) electrons. The van der Waals surface area contributed by atoms with Gasteiger partial charge in [0.1, 0.15) is 5.75 Å². The van der Waals surface area contributed by atoms with E-state index in [0.717, 1.165) is 49.2 Å². The van der Waals surface area contributed by atoms with E-state index in [-0.39, 0.29) is 10.7 Å². The highest BCUT2D eigenvalue weighted by Crippen LogP contribution is 2.46. The number of rotatable bonds is 6. The van der Waals surface area contributed by atoms with Crippen molar-refractivity contribution in [3.63, 3.8) is 0 Å². The predicted octanol–water partition coefficient (Wildman–Crippen LogP) is 6.08. The van der Waals surface area contributed by atoms with Gasteiger partial charge in [-0.25, -0.2) is 0 Å². The van der Waals surface area contributed by atoms with E-state index >= 15 is 0 Å². The molecule has 1 aliphatic heterocycles. The van der Waals surface area contributed by atoms with Crippen molar-refractivity contribution in [2.24, 2.45) is 5.92 Å². The summed E-state index contributed by atoms with van der Waals surface area (Å²) in [6.07, 6.45) is 4.36. The first-order chi connectivity index (χ1) is 15.1. The minimum atomic E-state index is -0.0321. The molecule has 1 heterocycles. The Morgan fingerprint density at radius 3 is 2.65 bits per heavy atom. The molecule has 0 aromatic heterocycles. The first-order valence-corrected chi connectivity index (χ1v) is 11.8. The van der Waals surface area contributed by atoms with Crippen LogP contribution in [0.2, 0.25) is 0 Å². The Labute approximate surface area is 188 Å². The third-order valence-corrected chi connectivity index (χ3v) is 7.43. The molecule has 1 aliphatic carbocycles. The summed E-state index contributed by atoms with van der Waals surface area (Å²) < 4.78 is 9.42. The summed E-state index contributed by atoms with van der Waals surface area (Å²) in [7, 11) is 0. The number of fused-ring (bicyclic) bond motifs is 1. The van der Waals surface area contributed by atoms with Crippen molar-refractivity contribution in [2.75, 3.05) is 6.61 Å². The number of nitrogens with one attached hydrogen (secondary N) is 1. The Bertz CT molecular complexity index is 1090. The Morgan fingerprint density at radius 1 is 1.06 bits per heavy atom. The molecule has 3 aromatic rings. The number of amides is 1. The van der Waals surface area contributed by atoms with Crippen LogP contribution < -0.4 is 9.46 Å². The SMILES string of the molecule is CC1(SNC(=O)c2ccccc2-c2ccc3c(c2)OC[C@H](Cc2ccccc2)C3)CC1. The molecule has 0 unspecified atom stereocenters. The van der Waals surface area contributed by atoms with E-state index in [1.54, 1.807) is 11.9 Å². The molecule has 158 valence electrons. The van der Waals surface area contributed by atoms with Crippen LogP contribution in [0, 0.1) is 5.92 Å². The standard InChI is InChI=1S/C27H27NO2S/c1-27(13-14-27)31-28-26(29)24-10-6-5-9-23(24)21-11-12-22-16-20(18-30-25(22)17-21)15-19-7-3-2-4-8-19/h2-12,17,20H,13-16,18H2,1H3,(H,28,29)/t20-/m1/s1. The van der Waals surface area contributed by atoms with Gasteiger partial charge in [0.2, 0.25) is 0 Å². The summed E-state index contributed by atoms with van der Waals surface area (Å²) in [4.78, 5) is 12.9. The highest BCUT2D eigenvalue weighted by Gasteiger charge is 2.39. The van der Waals surface area contributed by atoms with Gasteiger partial charge in [0.15, 0.2) is 0 Å². The van der Waals surface area contributed by atoms with E-state index in [1.807, 2.05) is 24.3 Å². The highest BCUT2D eigenvalue weighted by molar-refractivity contribution is 7.99. The Hall–Kier alpha value is -2.72. The predicted molar refractivity (Wildman–Crippen MR) is 127 cm³/mol. The second-order valence-corrected chi connectivity index (χ2v) is 10.3. The van der Waals surface area contributed by atoms with Gasteiger partial charge in [-0.1, -0.05) is 60.7 Å². The normalized spacial score (nSPS) is 18.5. The summed E-state index contributed by atoms with van der Waals surface area (Å²) in [5.41, 5.74) is 5.27. The lowest BCUT2D eigenvalue weighted by Gasteiger charge is -2.26. The lowest BCUT2D eigenvalue weighted by atomic mass is 9.89. The Kier molecular flexibility index (Phi) is 5.49. The van der Waals surface area contributed by atoms with Crippen molar-refractivity contribution in [3.8, 4) is 16.9 Å². The molecule has 1 amide bonds. The molecule has 0 spiro atoms. The van der Waals surface area contributed by atoms with Crippen LogP contribution in [-0.4, -0.2) is 17.3 Å². The molecule has 5 rings (SSSR count). The quantitative estimate of drug-likeness (QED) is 0.483. The van der Waals surface area contributed by atoms with Gasteiger partial charge in [0, 0.05) is 16.2 Å². The van der Waals surface area contributed by atoms with Gasteiger partial charge in [-0.05, 0) is 78.9 Å². The molecule has 2 aliphatic rings. The molecule has 1 N–H and O–H groups in total. The van der Waals surface area contributed by atoms with Crippen LogP contribution in [0.1, 0.15) is 41.3 Å². The van der Waals surface area contributed by atoms with Gasteiger partial charge in [0.05, 0.1) is 6.61 Å². The van der Waals surface area contributed by atoms with Crippen LogP contribution >= 0.6 is 11.9 Å². The van der Waals surface area contributed by atoms with E-state index in [0.29, 0.717) is 11.5 Å². The van der Waals surface area contributed by atoms with E-state index < -0.39 is 0 Å². The molecule has 4 heteroatoms. The van der Waals surface area contributed by atoms with Crippen LogP contribution in [0.4, 0.5) is 0 Å². The van der Waals surface area contributed by atoms with Gasteiger partial charge < -0.3 is 4.74 Å². The maximum absolute atomic E-state index is 12.9. The van der Waals surface area contributed by atoms with Gasteiger partial charge in [-0.3, -0.25) is 9.52 Å². The van der Waals surface area contributed by atoms with Gasteiger partial charge in [0.25, 0.3) is 5.91 Å². The Balaban J connectivity index is 1.33. The Morgan fingerprint density at radius 2 is 1.84 bits per heavy atom. The number of ether oxygens (including phenoxy) is 1. The first kappa shape index (κ1) is 20.2. The highest BCUT2D eigenvalue weighted by atomic mass is 32.2. The zero-order valence-corrected chi connectivity index (χ0v) is 18.6. The monoisotopic (exact) mass is 429 g/mol. The van der Waals surface area contributed by atoms with Crippen LogP contribution in [-0.2, 0) is 12.8 Å². The molecular weight excluding hydrogens is 402 g/mol. The van der Waals surface area contributed by atoms with Crippen molar-refractivity contribution in [2.45, 2.75) is 37.4 Å². The van der Waals surface area contributed by atoms with E-state index in [1.165, 1.54) is 11.1 Å². The molecule has 3 nitrogen and oxygen atoms in total. The van der Waals surface area contributed by atoms with Crippen LogP contribution in [0.25, 0.3) is 11.1 Å². The van der Waals surface area contributed by atoms with Crippen molar-refractivity contribution >= 4 is 17.9 Å². The molecule has 3 aromatic carbocycles. The van der Waals surface area contributed by atoms with E-state index in [9.17, 15) is 4.79 Å². The largest absolute Gasteiger partial charge is 0.493 e. The third-order valence-electron chi connectivity index (χ3n) is 6.24. The molecule has 31 heavy (non-hydrogen) atoms. The lowest BCUT2D eigenvalue weighted by molar-refractivity contribution is 0.0984. The second-order valence-electron chi connectivity index (χ2n) is 8.92. The summed E-state index contributed by atoms with van der Waals surface area (Å²) in [6.45, 7) is 2.92. The van der Waals surface area contributed by atoms with Crippen LogP contribution in [0.15, 0.2) is 72.8 Å². The number of hydrogen-bond acceptors (Lipinski definition) is 3. The van der Waals surface area contributed by atoms with Crippen LogP contribution in [0.5, 0.6) is 5.75 Å². The van der Waals surface area contributed by atoms with Crippen molar-refractivity contribution in [3.05, 3.63) is 89.5 Å². The van der Waals surface area contributed by atoms with Gasteiger partial charge in [-0.2, -0.15) is 0 Å². The van der Waals surface area contributed by atoms with Crippen molar-refractivity contribution < 1.29 is 9.53 Å². The zero-order chi connectivity index (χ0) is 21.3. The minimum Gasteiger partial charge on any atom is -0.493 e. The maximum Gasteiger partial charge on any atom is 0.261 e. The number of benzene rings is 3. The van der Waals surface area contributed by atoms with Gasteiger partial charge >= 0.3 is 0 Å². The fraction of sp³-hybridized carbons (Fsp3) is 0.296. The minimum absolute atomic E-state index is 0.0321. The van der Waals surface area contributed by atoms with Crippen LogP contribution in [0.3, 0.4) is 0 Å². The summed E-state index contributed by atoms with van der Waals surface area (Å²) in [5, 5.41) is 0. The summed E-state index contributed by atoms with van der Waals surface area (Å²) in [6, 6.07) is 24.8.